The molecule has 0 N–H and O–H groups in total. The van der Waals surface area contributed by atoms with Crippen molar-refractivity contribution in [2.45, 2.75) is 297 Å². The van der Waals surface area contributed by atoms with Gasteiger partial charge in [-0.15, -0.1) is 0 Å². The van der Waals surface area contributed by atoms with E-state index in [4.69, 9.17) is 14.2 Å². The molecule has 0 saturated heterocycles. The number of unbranched alkanes of at least 4 members (excludes halogenated alkanes) is 25. The summed E-state index contributed by atoms with van der Waals surface area (Å²) in [6.07, 6.45) is 93.3. The standard InChI is InChI=1S/C73H120O6/c1-4-7-10-13-16-19-21-23-25-27-29-31-33-34-35-36-37-38-40-41-43-45-47-49-51-54-57-60-63-66-72(75)78-69-70(68-77-71(74)65-62-59-56-53-18-15-12-9-6-3)79-73(76)67-64-61-58-55-52-50-48-46-44-42-39-32-30-28-26-24-22-20-17-14-11-8-5-2/h7,10,16,19,22-25,28-31,34-35,37-38,41,43,47,49,54,57,70H,4-6,8-9,11-15,17-18,20-21,26-27,32-33,36,39-40,42,44-46,48,50-53,55-56,58-69H2,1-3H3/b10-7-,19-16-,24-22-,25-23-,30-28-,31-29-,35-34-,38-37-,43-41-,49-47-,57-54-. The van der Waals surface area contributed by atoms with Crippen LogP contribution in [0.4, 0.5) is 0 Å². The Bertz CT molecular complexity index is 1680. The minimum Gasteiger partial charge on any atom is -0.462 e. The van der Waals surface area contributed by atoms with Crippen LogP contribution in [0.25, 0.3) is 0 Å². The van der Waals surface area contributed by atoms with Crippen LogP contribution < -0.4 is 0 Å². The third-order valence-corrected chi connectivity index (χ3v) is 13.6. The zero-order valence-corrected chi connectivity index (χ0v) is 51.3. The van der Waals surface area contributed by atoms with Gasteiger partial charge in [0.1, 0.15) is 13.2 Å². The van der Waals surface area contributed by atoms with Crippen LogP contribution in [0, 0.1) is 0 Å². The maximum Gasteiger partial charge on any atom is 0.306 e. The van der Waals surface area contributed by atoms with E-state index in [9.17, 15) is 14.4 Å². The molecule has 0 aliphatic carbocycles. The van der Waals surface area contributed by atoms with E-state index in [2.05, 4.69) is 154 Å². The first kappa shape index (κ1) is 74.5. The highest BCUT2D eigenvalue weighted by Crippen LogP contribution is 2.15. The van der Waals surface area contributed by atoms with Crippen molar-refractivity contribution < 1.29 is 28.6 Å². The van der Waals surface area contributed by atoms with Crippen molar-refractivity contribution in [2.75, 3.05) is 13.2 Å². The van der Waals surface area contributed by atoms with Crippen molar-refractivity contribution in [1.29, 1.82) is 0 Å². The average molecular weight is 1090 g/mol. The second-order valence-corrected chi connectivity index (χ2v) is 21.3. The molecule has 6 nitrogen and oxygen atoms in total. The highest BCUT2D eigenvalue weighted by Gasteiger charge is 2.19. The molecule has 0 amide bonds. The molecule has 0 spiro atoms. The topological polar surface area (TPSA) is 78.9 Å². The molecule has 0 aromatic carbocycles. The molecule has 1 atom stereocenters. The Balaban J connectivity index is 4.34. The molecular weight excluding hydrogens is 973 g/mol. The van der Waals surface area contributed by atoms with E-state index in [0.29, 0.717) is 19.3 Å². The van der Waals surface area contributed by atoms with Crippen LogP contribution >= 0.6 is 0 Å². The smallest absolute Gasteiger partial charge is 0.306 e. The Morgan fingerprint density at radius 2 is 0.506 bits per heavy atom. The normalized spacial score (nSPS) is 13.0. The lowest BCUT2D eigenvalue weighted by molar-refractivity contribution is -0.167. The molecular formula is C73H120O6. The average Bonchev–Trinajstić information content (AvgIpc) is 3.45. The Kier molecular flexibility index (Phi) is 62.3. The fraction of sp³-hybridized carbons (Fsp3) is 0.658. The van der Waals surface area contributed by atoms with Gasteiger partial charge in [-0.2, -0.15) is 0 Å². The SMILES string of the molecule is CC/C=C\C/C=C\C/C=C\C/C=C\C/C=C\C/C=C\C/C=C\C/C=C\C/C=C\CCCC(=O)OCC(COC(=O)CCCCCCCCCCC)OC(=O)CCCCCCCCCCCCC/C=C\C/C=C\CCCCCCC. The van der Waals surface area contributed by atoms with Gasteiger partial charge in [-0.3, -0.25) is 14.4 Å². The van der Waals surface area contributed by atoms with Gasteiger partial charge in [-0.05, 0) is 116 Å². The van der Waals surface area contributed by atoms with Crippen molar-refractivity contribution >= 4 is 17.9 Å². The predicted octanol–water partition coefficient (Wildman–Crippen LogP) is 22.5. The number of hydrogen-bond acceptors (Lipinski definition) is 6. The number of ether oxygens (including phenoxy) is 3. The molecule has 0 aliphatic heterocycles. The van der Waals surface area contributed by atoms with Crippen LogP contribution in [0.5, 0.6) is 0 Å². The van der Waals surface area contributed by atoms with Gasteiger partial charge < -0.3 is 14.2 Å². The zero-order chi connectivity index (χ0) is 57.1. The van der Waals surface area contributed by atoms with Crippen LogP contribution in [0.3, 0.4) is 0 Å². The van der Waals surface area contributed by atoms with E-state index < -0.39 is 6.10 Å². The van der Waals surface area contributed by atoms with Crippen LogP contribution in [-0.4, -0.2) is 37.2 Å². The third-order valence-electron chi connectivity index (χ3n) is 13.6. The van der Waals surface area contributed by atoms with Crippen molar-refractivity contribution in [1.82, 2.24) is 0 Å². The summed E-state index contributed by atoms with van der Waals surface area (Å²) in [4.78, 5) is 38.2. The Morgan fingerprint density at radius 1 is 0.266 bits per heavy atom. The van der Waals surface area contributed by atoms with Gasteiger partial charge in [0.25, 0.3) is 0 Å². The largest absolute Gasteiger partial charge is 0.462 e. The van der Waals surface area contributed by atoms with Crippen molar-refractivity contribution in [3.05, 3.63) is 134 Å². The zero-order valence-electron chi connectivity index (χ0n) is 51.3. The molecule has 0 aliphatic rings. The molecule has 79 heavy (non-hydrogen) atoms. The van der Waals surface area contributed by atoms with Gasteiger partial charge in [0.05, 0.1) is 0 Å². The number of hydrogen-bond donors (Lipinski definition) is 0. The monoisotopic (exact) mass is 1090 g/mol. The van der Waals surface area contributed by atoms with Gasteiger partial charge in [-0.1, -0.05) is 289 Å². The first-order valence-electron chi connectivity index (χ1n) is 32.7. The fourth-order valence-electron chi connectivity index (χ4n) is 8.77. The van der Waals surface area contributed by atoms with E-state index in [-0.39, 0.29) is 37.5 Å². The number of allylic oxidation sites excluding steroid dienone is 22. The Morgan fingerprint density at radius 3 is 0.823 bits per heavy atom. The molecule has 6 heteroatoms. The van der Waals surface area contributed by atoms with E-state index in [1.165, 1.54) is 135 Å². The minimum absolute atomic E-state index is 0.0981. The highest BCUT2D eigenvalue weighted by atomic mass is 16.6. The maximum absolute atomic E-state index is 12.9. The summed E-state index contributed by atoms with van der Waals surface area (Å²) in [6.45, 7) is 6.46. The van der Waals surface area contributed by atoms with E-state index >= 15 is 0 Å². The third kappa shape index (κ3) is 64.3. The molecule has 0 saturated carbocycles. The van der Waals surface area contributed by atoms with Gasteiger partial charge in [-0.25, -0.2) is 0 Å². The van der Waals surface area contributed by atoms with Gasteiger partial charge in [0.15, 0.2) is 6.10 Å². The maximum atomic E-state index is 12.9. The fourth-order valence-corrected chi connectivity index (χ4v) is 8.77. The van der Waals surface area contributed by atoms with Crippen LogP contribution in [0.15, 0.2) is 134 Å². The molecule has 448 valence electrons. The summed E-state index contributed by atoms with van der Waals surface area (Å²) >= 11 is 0. The van der Waals surface area contributed by atoms with E-state index in [1.807, 2.05) is 0 Å². The van der Waals surface area contributed by atoms with E-state index in [1.54, 1.807) is 0 Å². The Hall–Kier alpha value is -4.45. The summed E-state index contributed by atoms with van der Waals surface area (Å²) in [7, 11) is 0. The summed E-state index contributed by atoms with van der Waals surface area (Å²) in [5.74, 6) is -0.963. The van der Waals surface area contributed by atoms with Crippen molar-refractivity contribution in [2.24, 2.45) is 0 Å². The molecule has 0 rings (SSSR count). The molecule has 0 radical (unpaired) electrons. The van der Waals surface area contributed by atoms with Gasteiger partial charge >= 0.3 is 17.9 Å². The van der Waals surface area contributed by atoms with Crippen LogP contribution in [0.2, 0.25) is 0 Å². The molecule has 0 fully saturated rings. The molecule has 1 unspecified atom stereocenters. The van der Waals surface area contributed by atoms with E-state index in [0.717, 1.165) is 109 Å². The minimum atomic E-state index is -0.805. The molecule has 0 heterocycles. The lowest BCUT2D eigenvalue weighted by Crippen LogP contribution is -2.30. The van der Waals surface area contributed by atoms with Crippen LogP contribution in [-0.2, 0) is 28.6 Å². The summed E-state index contributed by atoms with van der Waals surface area (Å²) in [6, 6.07) is 0. The van der Waals surface area contributed by atoms with Crippen molar-refractivity contribution in [3.63, 3.8) is 0 Å². The quantitative estimate of drug-likeness (QED) is 0.0261. The predicted molar refractivity (Wildman–Crippen MR) is 343 cm³/mol. The highest BCUT2D eigenvalue weighted by molar-refractivity contribution is 5.71. The van der Waals surface area contributed by atoms with Gasteiger partial charge in [0.2, 0.25) is 0 Å². The lowest BCUT2D eigenvalue weighted by atomic mass is 10.0. The second kappa shape index (κ2) is 66.1. The first-order valence-corrected chi connectivity index (χ1v) is 32.7. The summed E-state index contributed by atoms with van der Waals surface area (Å²) < 4.78 is 16.8. The summed E-state index contributed by atoms with van der Waals surface area (Å²) in [5.41, 5.74) is 0. The first-order chi connectivity index (χ1) is 39.0. The molecule has 0 bridgehead atoms. The Labute approximate surface area is 487 Å². The number of carbonyl (C=O) groups is 3. The van der Waals surface area contributed by atoms with Gasteiger partial charge in [0, 0.05) is 19.3 Å². The number of esters is 3. The molecule has 0 aromatic rings. The van der Waals surface area contributed by atoms with Crippen LogP contribution in [0.1, 0.15) is 290 Å². The number of rotatable bonds is 58. The second-order valence-electron chi connectivity index (χ2n) is 21.3. The summed E-state index contributed by atoms with van der Waals surface area (Å²) in [5, 5.41) is 0. The number of carbonyl (C=O) groups excluding carboxylic acids is 3. The lowest BCUT2D eigenvalue weighted by Gasteiger charge is -2.18. The van der Waals surface area contributed by atoms with Crippen molar-refractivity contribution in [3.8, 4) is 0 Å². The molecule has 0 aromatic heterocycles.